The highest BCUT2D eigenvalue weighted by Gasteiger charge is 2.33. The van der Waals surface area contributed by atoms with E-state index in [2.05, 4.69) is 55.4 Å². The number of hydrogen-bond acceptors (Lipinski definition) is 2. The molecule has 0 heterocycles. The van der Waals surface area contributed by atoms with Gasteiger partial charge in [-0.25, -0.2) is 0 Å². The molecule has 0 aliphatic carbocycles. The van der Waals surface area contributed by atoms with Gasteiger partial charge in [-0.05, 0) is 6.08 Å². The molecule has 1 amide bonds. The lowest BCUT2D eigenvalue weighted by Gasteiger charge is -2.43. The average Bonchev–Trinajstić information content (AvgIpc) is 2.07. The molecule has 0 fully saturated rings. The molecule has 0 aliphatic rings. The van der Waals surface area contributed by atoms with Gasteiger partial charge in [0.25, 0.3) is 0 Å². The van der Waals surface area contributed by atoms with Crippen LogP contribution in [0.25, 0.3) is 0 Å². The lowest BCUT2D eigenvalue weighted by atomic mass is 10.5. The summed E-state index contributed by atoms with van der Waals surface area (Å²) in [4.78, 5) is 11.1. The molecule has 0 saturated carbocycles. The third kappa shape index (κ3) is 5.62. The number of rotatable bonds is 6. The highest BCUT2D eigenvalue weighted by molar-refractivity contribution is 6.89. The van der Waals surface area contributed by atoms with Crippen molar-refractivity contribution in [2.75, 3.05) is 13.1 Å². The molecule has 0 rings (SSSR count). The van der Waals surface area contributed by atoms with Crippen LogP contribution in [0.15, 0.2) is 12.7 Å². The number of carbonyl (C=O) groups excluding carboxylic acids is 1. The van der Waals surface area contributed by atoms with E-state index in [0.29, 0.717) is 0 Å². The molecule has 0 aromatic carbocycles. The van der Waals surface area contributed by atoms with Crippen molar-refractivity contribution in [3.05, 3.63) is 12.7 Å². The van der Waals surface area contributed by atoms with Gasteiger partial charge < -0.3 is 9.55 Å². The summed E-state index contributed by atoms with van der Waals surface area (Å²) >= 11 is 0. The summed E-state index contributed by atoms with van der Waals surface area (Å²) in [5, 5.41) is 2.85. The summed E-state index contributed by atoms with van der Waals surface area (Å²) in [6.07, 6.45) is 1.33. The number of nitrogens with one attached hydrogen (secondary N) is 1. The molecule has 1 N–H and O–H groups in total. The van der Waals surface area contributed by atoms with Crippen LogP contribution in [0.1, 0.15) is 0 Å². The summed E-state index contributed by atoms with van der Waals surface area (Å²) < 4.78 is 2.66. The van der Waals surface area contributed by atoms with Crippen LogP contribution in [0.2, 0.25) is 39.3 Å². The van der Waals surface area contributed by atoms with Crippen molar-refractivity contribution in [3.8, 4) is 0 Å². The molecule has 94 valence electrons. The van der Waals surface area contributed by atoms with Crippen LogP contribution in [0.5, 0.6) is 0 Å². The zero-order valence-corrected chi connectivity index (χ0v) is 13.6. The Kier molecular flexibility index (Phi) is 5.65. The molecule has 3 nitrogen and oxygen atoms in total. The Morgan fingerprint density at radius 1 is 1.19 bits per heavy atom. The maximum atomic E-state index is 11.1. The fourth-order valence-corrected chi connectivity index (χ4v) is 11.7. The van der Waals surface area contributed by atoms with Gasteiger partial charge in [-0.15, -0.1) is 0 Å². The fraction of sp³-hybridized carbons (Fsp3) is 0.727. The molecule has 5 heteroatoms. The molecule has 0 saturated heterocycles. The van der Waals surface area contributed by atoms with Crippen molar-refractivity contribution in [1.29, 1.82) is 0 Å². The Bertz CT molecular complexity index is 240. The van der Waals surface area contributed by atoms with Gasteiger partial charge in [-0.3, -0.25) is 4.79 Å². The largest absolute Gasteiger partial charge is 0.351 e. The van der Waals surface area contributed by atoms with Crippen molar-refractivity contribution in [2.24, 2.45) is 0 Å². The van der Waals surface area contributed by atoms with E-state index in [1.165, 1.54) is 6.08 Å². The topological polar surface area (TPSA) is 32.3 Å². The summed E-state index contributed by atoms with van der Waals surface area (Å²) in [5.41, 5.74) is 0. The van der Waals surface area contributed by atoms with E-state index in [0.717, 1.165) is 13.1 Å². The Morgan fingerprint density at radius 3 is 1.94 bits per heavy atom. The number of carbonyl (C=O) groups is 1. The van der Waals surface area contributed by atoms with E-state index < -0.39 is 16.5 Å². The van der Waals surface area contributed by atoms with Crippen molar-refractivity contribution >= 4 is 22.4 Å². The van der Waals surface area contributed by atoms with Gasteiger partial charge in [0.05, 0.1) is 0 Å². The normalized spacial score (nSPS) is 12.7. The second-order valence-electron chi connectivity index (χ2n) is 5.99. The standard InChI is InChI=1S/C11H26N2OSi2/c1-8-11(14)12-9-10-13(15(2,3)4)16(5,6)7/h8H,1,9-10H2,2-7H3,(H,12,14). The van der Waals surface area contributed by atoms with Crippen molar-refractivity contribution in [1.82, 2.24) is 9.55 Å². The Hall–Kier alpha value is -0.396. The van der Waals surface area contributed by atoms with Crippen LogP contribution in [-0.4, -0.2) is 39.7 Å². The molecular weight excluding hydrogens is 232 g/mol. The number of hydrogen-bond donors (Lipinski definition) is 1. The zero-order chi connectivity index (χ0) is 13.0. The Balaban J connectivity index is 4.37. The predicted molar refractivity (Wildman–Crippen MR) is 76.6 cm³/mol. The van der Waals surface area contributed by atoms with Crippen LogP contribution in [0.4, 0.5) is 0 Å². The summed E-state index contributed by atoms with van der Waals surface area (Å²) in [6, 6.07) is 0. The van der Waals surface area contributed by atoms with E-state index >= 15 is 0 Å². The first-order valence-electron chi connectivity index (χ1n) is 5.77. The minimum atomic E-state index is -1.29. The van der Waals surface area contributed by atoms with Crippen LogP contribution < -0.4 is 5.32 Å². The van der Waals surface area contributed by atoms with Gasteiger partial charge in [-0.1, -0.05) is 45.9 Å². The molecular formula is C11H26N2OSi2. The van der Waals surface area contributed by atoms with Crippen molar-refractivity contribution < 1.29 is 4.79 Å². The summed E-state index contributed by atoms with van der Waals surface area (Å²) in [5.74, 6) is -0.0777. The van der Waals surface area contributed by atoms with Crippen LogP contribution in [-0.2, 0) is 4.79 Å². The maximum absolute atomic E-state index is 11.1. The molecule has 0 aliphatic heterocycles. The molecule has 0 atom stereocenters. The summed E-state index contributed by atoms with van der Waals surface area (Å²) in [6.45, 7) is 19.3. The van der Waals surface area contributed by atoms with Crippen molar-refractivity contribution in [3.63, 3.8) is 0 Å². The van der Waals surface area contributed by atoms with Gasteiger partial charge in [0, 0.05) is 13.1 Å². The molecule has 0 spiro atoms. The number of nitrogens with zero attached hydrogens (tertiary/aromatic N) is 1. The average molecular weight is 259 g/mol. The highest BCUT2D eigenvalue weighted by atomic mass is 28.4. The van der Waals surface area contributed by atoms with Gasteiger partial charge in [0.1, 0.15) is 16.5 Å². The smallest absolute Gasteiger partial charge is 0.243 e. The Morgan fingerprint density at radius 2 is 1.62 bits per heavy atom. The van der Waals surface area contributed by atoms with Crippen LogP contribution in [0, 0.1) is 0 Å². The predicted octanol–water partition coefficient (Wildman–Crippen LogP) is 2.26. The second kappa shape index (κ2) is 5.79. The molecule has 0 bridgehead atoms. The third-order valence-corrected chi connectivity index (χ3v) is 10.2. The fourth-order valence-electron chi connectivity index (χ4n) is 2.04. The number of amides is 1. The Labute approximate surface area is 102 Å². The molecule has 0 radical (unpaired) electrons. The minimum absolute atomic E-state index is 0.0777. The van der Waals surface area contributed by atoms with Gasteiger partial charge in [0.15, 0.2) is 0 Å². The van der Waals surface area contributed by atoms with Gasteiger partial charge >= 0.3 is 0 Å². The van der Waals surface area contributed by atoms with E-state index in [1.54, 1.807) is 0 Å². The molecule has 0 aromatic heterocycles. The monoisotopic (exact) mass is 258 g/mol. The van der Waals surface area contributed by atoms with E-state index in [9.17, 15) is 4.79 Å². The van der Waals surface area contributed by atoms with E-state index in [4.69, 9.17) is 0 Å². The third-order valence-electron chi connectivity index (χ3n) is 2.44. The van der Waals surface area contributed by atoms with E-state index in [1.807, 2.05) is 0 Å². The molecule has 16 heavy (non-hydrogen) atoms. The lowest BCUT2D eigenvalue weighted by Crippen LogP contribution is -2.60. The zero-order valence-electron chi connectivity index (χ0n) is 11.6. The quantitative estimate of drug-likeness (QED) is 0.585. The van der Waals surface area contributed by atoms with E-state index in [-0.39, 0.29) is 5.91 Å². The van der Waals surface area contributed by atoms with Crippen LogP contribution in [0.3, 0.4) is 0 Å². The second-order valence-corrected chi connectivity index (χ2v) is 16.2. The lowest BCUT2D eigenvalue weighted by molar-refractivity contribution is -0.116. The minimum Gasteiger partial charge on any atom is -0.351 e. The molecule has 0 unspecified atom stereocenters. The maximum Gasteiger partial charge on any atom is 0.243 e. The first kappa shape index (κ1) is 15.6. The first-order chi connectivity index (χ1) is 7.09. The first-order valence-corrected chi connectivity index (χ1v) is 12.7. The molecule has 0 aromatic rings. The van der Waals surface area contributed by atoms with Crippen LogP contribution >= 0.6 is 0 Å². The highest BCUT2D eigenvalue weighted by Crippen LogP contribution is 2.18. The van der Waals surface area contributed by atoms with Gasteiger partial charge in [0.2, 0.25) is 5.91 Å². The van der Waals surface area contributed by atoms with Gasteiger partial charge in [-0.2, -0.15) is 0 Å². The summed E-state index contributed by atoms with van der Waals surface area (Å²) in [7, 11) is -2.57. The van der Waals surface area contributed by atoms with Crippen molar-refractivity contribution in [2.45, 2.75) is 39.3 Å². The SMILES string of the molecule is C=CC(=O)NCCN([Si](C)(C)C)[Si](C)(C)C.